The molecule has 0 radical (unpaired) electrons. The van der Waals surface area contributed by atoms with E-state index in [1.165, 1.54) is 12.1 Å². The van der Waals surface area contributed by atoms with Gasteiger partial charge >= 0.3 is 0 Å². The SMILES string of the molecule is NC(CCO)c1cccc([N+](=O)[O-])c1. The number of hydrogen-bond donors (Lipinski definition) is 2. The van der Waals surface area contributed by atoms with Crippen molar-refractivity contribution < 1.29 is 10.0 Å². The number of nitro benzene ring substituents is 1. The molecule has 0 amide bonds. The standard InChI is InChI=1S/C9H12N2O3/c10-9(4-5-12)7-2-1-3-8(6-7)11(13)14/h1-3,6,9,12H,4-5,10H2. The van der Waals surface area contributed by atoms with Crippen LogP contribution in [0.4, 0.5) is 5.69 Å². The van der Waals surface area contributed by atoms with Gasteiger partial charge in [0.25, 0.3) is 5.69 Å². The minimum atomic E-state index is -0.463. The second kappa shape index (κ2) is 4.69. The highest BCUT2D eigenvalue weighted by molar-refractivity contribution is 5.35. The smallest absolute Gasteiger partial charge is 0.269 e. The van der Waals surface area contributed by atoms with Gasteiger partial charge in [-0.15, -0.1) is 0 Å². The lowest BCUT2D eigenvalue weighted by molar-refractivity contribution is -0.384. The van der Waals surface area contributed by atoms with Crippen molar-refractivity contribution >= 4 is 5.69 Å². The van der Waals surface area contributed by atoms with E-state index in [0.717, 1.165) is 0 Å². The molecule has 0 aromatic heterocycles. The summed E-state index contributed by atoms with van der Waals surface area (Å²) in [7, 11) is 0. The van der Waals surface area contributed by atoms with Crippen molar-refractivity contribution in [3.8, 4) is 0 Å². The number of nitro groups is 1. The highest BCUT2D eigenvalue weighted by Crippen LogP contribution is 2.19. The van der Waals surface area contributed by atoms with Crippen LogP contribution in [0.5, 0.6) is 0 Å². The van der Waals surface area contributed by atoms with E-state index in [1.54, 1.807) is 12.1 Å². The maximum absolute atomic E-state index is 10.4. The molecule has 0 aliphatic rings. The van der Waals surface area contributed by atoms with Crippen molar-refractivity contribution in [1.82, 2.24) is 0 Å². The predicted molar refractivity (Wildman–Crippen MR) is 51.7 cm³/mol. The first-order valence-corrected chi connectivity index (χ1v) is 4.26. The van der Waals surface area contributed by atoms with Crippen LogP contribution >= 0.6 is 0 Å². The molecule has 0 heterocycles. The maximum Gasteiger partial charge on any atom is 0.269 e. The fourth-order valence-corrected chi connectivity index (χ4v) is 1.17. The zero-order valence-electron chi connectivity index (χ0n) is 7.59. The van der Waals surface area contributed by atoms with E-state index in [1.807, 2.05) is 0 Å². The van der Waals surface area contributed by atoms with Crippen LogP contribution in [-0.2, 0) is 0 Å². The molecule has 0 fully saturated rings. The molecule has 1 rings (SSSR count). The Morgan fingerprint density at radius 1 is 1.57 bits per heavy atom. The van der Waals surface area contributed by atoms with Gasteiger partial charge in [-0.3, -0.25) is 10.1 Å². The third-order valence-electron chi connectivity index (χ3n) is 1.95. The Labute approximate surface area is 81.3 Å². The molecule has 1 unspecified atom stereocenters. The lowest BCUT2D eigenvalue weighted by Crippen LogP contribution is -2.11. The molecule has 3 N–H and O–H groups in total. The summed E-state index contributed by atoms with van der Waals surface area (Å²) < 4.78 is 0. The minimum absolute atomic E-state index is 0.0239. The maximum atomic E-state index is 10.4. The molecule has 1 aromatic carbocycles. The van der Waals surface area contributed by atoms with Crippen molar-refractivity contribution in [1.29, 1.82) is 0 Å². The van der Waals surface area contributed by atoms with Gasteiger partial charge in [0, 0.05) is 24.8 Å². The molecule has 0 aliphatic heterocycles. The third-order valence-corrected chi connectivity index (χ3v) is 1.95. The molecule has 0 saturated carbocycles. The molecule has 76 valence electrons. The number of nitrogens with zero attached hydrogens (tertiary/aromatic N) is 1. The van der Waals surface area contributed by atoms with Crippen LogP contribution in [-0.4, -0.2) is 16.6 Å². The summed E-state index contributed by atoms with van der Waals surface area (Å²) in [5, 5.41) is 19.1. The number of benzene rings is 1. The fraction of sp³-hybridized carbons (Fsp3) is 0.333. The van der Waals surface area contributed by atoms with Crippen LogP contribution in [0.25, 0.3) is 0 Å². The van der Waals surface area contributed by atoms with Crippen molar-refractivity contribution in [2.24, 2.45) is 5.73 Å². The van der Waals surface area contributed by atoms with E-state index in [9.17, 15) is 10.1 Å². The lowest BCUT2D eigenvalue weighted by atomic mass is 10.0. The molecule has 0 saturated heterocycles. The first-order chi connectivity index (χ1) is 6.65. The fourth-order valence-electron chi connectivity index (χ4n) is 1.17. The Bertz CT molecular complexity index is 328. The number of aliphatic hydroxyl groups excluding tert-OH is 1. The topological polar surface area (TPSA) is 89.4 Å². The van der Waals surface area contributed by atoms with Crippen LogP contribution < -0.4 is 5.73 Å². The van der Waals surface area contributed by atoms with E-state index >= 15 is 0 Å². The summed E-state index contributed by atoms with van der Waals surface area (Å²) in [5.41, 5.74) is 6.39. The van der Waals surface area contributed by atoms with E-state index in [0.29, 0.717) is 12.0 Å². The van der Waals surface area contributed by atoms with Crippen molar-refractivity contribution in [2.75, 3.05) is 6.61 Å². The van der Waals surface area contributed by atoms with E-state index in [-0.39, 0.29) is 18.3 Å². The molecule has 14 heavy (non-hydrogen) atoms. The predicted octanol–water partition coefficient (Wildman–Crippen LogP) is 0.977. The van der Waals surface area contributed by atoms with Crippen LogP contribution in [0, 0.1) is 10.1 Å². The lowest BCUT2D eigenvalue weighted by Gasteiger charge is -2.09. The van der Waals surface area contributed by atoms with E-state index in [4.69, 9.17) is 10.8 Å². The van der Waals surface area contributed by atoms with E-state index in [2.05, 4.69) is 0 Å². The van der Waals surface area contributed by atoms with Gasteiger partial charge in [0.15, 0.2) is 0 Å². The number of nitrogens with two attached hydrogens (primary N) is 1. The molecule has 5 nitrogen and oxygen atoms in total. The highest BCUT2D eigenvalue weighted by atomic mass is 16.6. The second-order valence-corrected chi connectivity index (χ2v) is 2.97. The summed E-state index contributed by atoms with van der Waals surface area (Å²) in [4.78, 5) is 9.99. The number of non-ortho nitro benzene ring substituents is 1. The first-order valence-electron chi connectivity index (χ1n) is 4.26. The highest BCUT2D eigenvalue weighted by Gasteiger charge is 2.10. The van der Waals surface area contributed by atoms with Crippen LogP contribution in [0.1, 0.15) is 18.0 Å². The van der Waals surface area contributed by atoms with Gasteiger partial charge in [0.05, 0.1) is 4.92 Å². The molecule has 1 aromatic rings. The summed E-state index contributed by atoms with van der Waals surface area (Å²) >= 11 is 0. The van der Waals surface area contributed by atoms with Crippen LogP contribution in [0.15, 0.2) is 24.3 Å². The number of hydrogen-bond acceptors (Lipinski definition) is 4. The van der Waals surface area contributed by atoms with Gasteiger partial charge in [-0.2, -0.15) is 0 Å². The van der Waals surface area contributed by atoms with Crippen LogP contribution in [0.2, 0.25) is 0 Å². The number of aliphatic hydroxyl groups is 1. The molecule has 5 heteroatoms. The summed E-state index contributed by atoms with van der Waals surface area (Å²) in [5.74, 6) is 0. The van der Waals surface area contributed by atoms with Gasteiger partial charge in [0.2, 0.25) is 0 Å². The second-order valence-electron chi connectivity index (χ2n) is 2.97. The molecular formula is C9H12N2O3. The Balaban J connectivity index is 2.87. The van der Waals surface area contributed by atoms with Gasteiger partial charge in [0.1, 0.15) is 0 Å². The molecule has 0 bridgehead atoms. The van der Waals surface area contributed by atoms with Crippen molar-refractivity contribution in [3.05, 3.63) is 39.9 Å². The Kier molecular flexibility index (Phi) is 3.55. The zero-order chi connectivity index (χ0) is 10.6. The number of rotatable bonds is 4. The quantitative estimate of drug-likeness (QED) is 0.554. The minimum Gasteiger partial charge on any atom is -0.396 e. The van der Waals surface area contributed by atoms with Crippen molar-refractivity contribution in [3.63, 3.8) is 0 Å². The van der Waals surface area contributed by atoms with Gasteiger partial charge < -0.3 is 10.8 Å². The summed E-state index contributed by atoms with van der Waals surface area (Å²) in [6.45, 7) is -0.0239. The summed E-state index contributed by atoms with van der Waals surface area (Å²) in [6.07, 6.45) is 0.404. The van der Waals surface area contributed by atoms with E-state index < -0.39 is 4.92 Å². The van der Waals surface area contributed by atoms with Crippen LogP contribution in [0.3, 0.4) is 0 Å². The molecule has 0 spiro atoms. The van der Waals surface area contributed by atoms with Gasteiger partial charge in [-0.05, 0) is 12.0 Å². The molecule has 0 aliphatic carbocycles. The zero-order valence-corrected chi connectivity index (χ0v) is 7.59. The average molecular weight is 196 g/mol. The molecular weight excluding hydrogens is 184 g/mol. The molecule has 1 atom stereocenters. The average Bonchev–Trinajstić information content (AvgIpc) is 2.18. The van der Waals surface area contributed by atoms with Gasteiger partial charge in [-0.1, -0.05) is 12.1 Å². The first kappa shape index (κ1) is 10.6. The largest absolute Gasteiger partial charge is 0.396 e. The normalized spacial score (nSPS) is 12.4. The summed E-state index contributed by atoms with van der Waals surface area (Å²) in [6, 6.07) is 5.80. The Hall–Kier alpha value is -1.46. The monoisotopic (exact) mass is 196 g/mol. The Morgan fingerprint density at radius 2 is 2.29 bits per heavy atom. The Morgan fingerprint density at radius 3 is 2.86 bits per heavy atom. The van der Waals surface area contributed by atoms with Gasteiger partial charge in [-0.25, -0.2) is 0 Å². The van der Waals surface area contributed by atoms with Crippen molar-refractivity contribution in [2.45, 2.75) is 12.5 Å². The third kappa shape index (κ3) is 2.51.